The lowest BCUT2D eigenvalue weighted by Crippen LogP contribution is -2.42. The van der Waals surface area contributed by atoms with E-state index in [1.54, 1.807) is 17.0 Å². The van der Waals surface area contributed by atoms with Gasteiger partial charge >= 0.3 is 5.69 Å². The fraction of sp³-hybridized carbons (Fsp3) is 0.310. The number of aromatic hydroxyl groups is 1. The number of benzene rings is 2. The summed E-state index contributed by atoms with van der Waals surface area (Å²) in [6.07, 6.45) is 1.98. The molecule has 2 aromatic carbocycles. The van der Waals surface area contributed by atoms with Crippen molar-refractivity contribution >= 4 is 22.7 Å². The standard InChI is InChI=1S/C29H31N5O4/c1-17-15-22(23-5-3-4-6-24(23)30-17)16-19-7-9-21(10-8-19)27(36)31-25(26-28(37)33-29(38)32-26)20-11-13-34(14-12-20)18(2)35/h3-10,15,20,25,37H,11-14,16H2,1-2H3,(H,31,36)(H2,32,33,38). The smallest absolute Gasteiger partial charge is 0.326 e. The summed E-state index contributed by atoms with van der Waals surface area (Å²) in [5.74, 6) is -0.641. The van der Waals surface area contributed by atoms with Crippen LogP contribution in [0.25, 0.3) is 10.9 Å². The summed E-state index contributed by atoms with van der Waals surface area (Å²) in [4.78, 5) is 48.2. The molecule has 1 unspecified atom stereocenters. The molecule has 4 aromatic rings. The molecule has 1 aliphatic heterocycles. The van der Waals surface area contributed by atoms with Crippen molar-refractivity contribution in [2.45, 2.75) is 39.2 Å². The van der Waals surface area contributed by atoms with Crippen LogP contribution in [0.3, 0.4) is 0 Å². The summed E-state index contributed by atoms with van der Waals surface area (Å²) in [6, 6.07) is 17.0. The minimum atomic E-state index is -0.610. The van der Waals surface area contributed by atoms with Crippen LogP contribution >= 0.6 is 0 Å². The first-order valence-corrected chi connectivity index (χ1v) is 12.8. The van der Waals surface area contributed by atoms with Crippen molar-refractivity contribution in [1.82, 2.24) is 25.2 Å². The van der Waals surface area contributed by atoms with Gasteiger partial charge in [-0.05, 0) is 67.5 Å². The van der Waals surface area contributed by atoms with Crippen LogP contribution in [-0.2, 0) is 11.2 Å². The zero-order chi connectivity index (χ0) is 26.8. The number of aromatic nitrogens is 3. The van der Waals surface area contributed by atoms with E-state index in [0.29, 0.717) is 37.9 Å². The Morgan fingerprint density at radius 1 is 1.11 bits per heavy atom. The van der Waals surface area contributed by atoms with Gasteiger partial charge in [0.2, 0.25) is 11.8 Å². The van der Waals surface area contributed by atoms with Crippen molar-refractivity contribution in [3.05, 3.63) is 93.2 Å². The number of imidazole rings is 1. The molecule has 9 heteroatoms. The quantitative estimate of drug-likeness (QED) is 0.313. The second-order valence-corrected chi connectivity index (χ2v) is 9.95. The molecule has 38 heavy (non-hydrogen) atoms. The Morgan fingerprint density at radius 3 is 2.47 bits per heavy atom. The number of carbonyl (C=O) groups is 2. The molecule has 5 rings (SSSR count). The molecular formula is C29H31N5O4. The molecular weight excluding hydrogens is 482 g/mol. The van der Waals surface area contributed by atoms with Crippen molar-refractivity contribution in [1.29, 1.82) is 0 Å². The maximum absolute atomic E-state index is 13.3. The second kappa shape index (κ2) is 10.5. The van der Waals surface area contributed by atoms with E-state index in [9.17, 15) is 19.5 Å². The Labute approximate surface area is 219 Å². The number of H-pyrrole nitrogens is 2. The largest absolute Gasteiger partial charge is 0.493 e. The fourth-order valence-electron chi connectivity index (χ4n) is 5.35. The van der Waals surface area contributed by atoms with E-state index < -0.39 is 11.7 Å². The Bertz CT molecular complexity index is 1530. The normalized spacial score (nSPS) is 14.9. The summed E-state index contributed by atoms with van der Waals surface area (Å²) in [5, 5.41) is 14.4. The average Bonchev–Trinajstić information content (AvgIpc) is 3.24. The van der Waals surface area contributed by atoms with Gasteiger partial charge in [-0.1, -0.05) is 30.3 Å². The van der Waals surface area contributed by atoms with E-state index >= 15 is 0 Å². The molecule has 2 amide bonds. The number of aromatic amines is 2. The molecule has 196 valence electrons. The van der Waals surface area contributed by atoms with Crippen LogP contribution in [0.4, 0.5) is 0 Å². The van der Waals surface area contributed by atoms with Crippen LogP contribution < -0.4 is 11.0 Å². The van der Waals surface area contributed by atoms with E-state index in [-0.39, 0.29) is 29.3 Å². The predicted octanol–water partition coefficient (Wildman–Crippen LogP) is 3.59. The van der Waals surface area contributed by atoms with Crippen LogP contribution in [-0.4, -0.2) is 49.9 Å². The lowest BCUT2D eigenvalue weighted by atomic mass is 9.87. The average molecular weight is 514 g/mol. The number of likely N-dealkylation sites (tertiary alicyclic amines) is 1. The zero-order valence-corrected chi connectivity index (χ0v) is 21.5. The number of amides is 2. The van der Waals surface area contributed by atoms with Gasteiger partial charge in [0.05, 0.1) is 11.6 Å². The van der Waals surface area contributed by atoms with Gasteiger partial charge in [-0.2, -0.15) is 0 Å². The summed E-state index contributed by atoms with van der Waals surface area (Å²) in [7, 11) is 0. The lowest BCUT2D eigenvalue weighted by Gasteiger charge is -2.35. The van der Waals surface area contributed by atoms with Crippen molar-refractivity contribution in [3.8, 4) is 5.88 Å². The third kappa shape index (κ3) is 5.32. The van der Waals surface area contributed by atoms with Crippen LogP contribution in [0.2, 0.25) is 0 Å². The fourth-order valence-corrected chi connectivity index (χ4v) is 5.35. The van der Waals surface area contributed by atoms with Gasteiger partial charge in [-0.25, -0.2) is 4.79 Å². The van der Waals surface area contributed by atoms with Crippen molar-refractivity contribution in [2.75, 3.05) is 13.1 Å². The minimum absolute atomic E-state index is 0.0111. The number of hydrogen-bond acceptors (Lipinski definition) is 5. The topological polar surface area (TPSA) is 131 Å². The third-order valence-electron chi connectivity index (χ3n) is 7.33. The number of fused-ring (bicyclic) bond motifs is 1. The Balaban J connectivity index is 1.34. The highest BCUT2D eigenvalue weighted by atomic mass is 16.3. The number of para-hydroxylation sites is 1. The van der Waals surface area contributed by atoms with Gasteiger partial charge in [0.15, 0.2) is 0 Å². The van der Waals surface area contributed by atoms with Gasteiger partial charge in [0.1, 0.15) is 5.69 Å². The molecule has 1 aliphatic rings. The molecule has 1 saturated heterocycles. The number of nitrogens with one attached hydrogen (secondary N) is 3. The second-order valence-electron chi connectivity index (χ2n) is 9.95. The Hall–Kier alpha value is -4.40. The van der Waals surface area contributed by atoms with Crippen molar-refractivity contribution in [2.24, 2.45) is 5.92 Å². The summed E-state index contributed by atoms with van der Waals surface area (Å²) in [5.41, 5.74) is 4.35. The number of piperidine rings is 1. The van der Waals surface area contributed by atoms with Crippen LogP contribution in [0, 0.1) is 12.8 Å². The minimum Gasteiger partial charge on any atom is -0.493 e. The summed E-state index contributed by atoms with van der Waals surface area (Å²) < 4.78 is 0. The number of aryl methyl sites for hydroxylation is 1. The number of nitrogens with zero attached hydrogens (tertiary/aromatic N) is 2. The molecule has 3 heterocycles. The highest BCUT2D eigenvalue weighted by molar-refractivity contribution is 5.94. The first-order chi connectivity index (χ1) is 18.3. The first-order valence-electron chi connectivity index (χ1n) is 12.8. The molecule has 2 aromatic heterocycles. The molecule has 0 spiro atoms. The van der Waals surface area contributed by atoms with Crippen molar-refractivity contribution in [3.63, 3.8) is 0 Å². The van der Waals surface area contributed by atoms with Crippen LogP contribution in [0.5, 0.6) is 5.88 Å². The number of rotatable bonds is 6. The van der Waals surface area contributed by atoms with Gasteiger partial charge < -0.3 is 20.3 Å². The lowest BCUT2D eigenvalue weighted by molar-refractivity contribution is -0.130. The van der Waals surface area contributed by atoms with E-state index in [0.717, 1.165) is 22.2 Å². The predicted molar refractivity (Wildman–Crippen MR) is 144 cm³/mol. The molecule has 1 fully saturated rings. The molecule has 0 bridgehead atoms. The molecule has 0 radical (unpaired) electrons. The number of carbonyl (C=O) groups excluding carboxylic acids is 2. The SMILES string of the molecule is CC(=O)N1CCC(C(NC(=O)c2ccc(Cc3cc(C)nc4ccccc34)cc2)c2[nH]c(=O)[nH]c2O)CC1. The zero-order valence-electron chi connectivity index (χ0n) is 21.5. The van der Waals surface area contributed by atoms with Gasteiger partial charge in [0, 0.05) is 36.7 Å². The van der Waals surface area contributed by atoms with Gasteiger partial charge in [-0.15, -0.1) is 0 Å². The maximum Gasteiger partial charge on any atom is 0.326 e. The van der Waals surface area contributed by atoms with E-state index in [1.165, 1.54) is 12.5 Å². The molecule has 0 aliphatic carbocycles. The number of pyridine rings is 1. The highest BCUT2D eigenvalue weighted by Gasteiger charge is 2.33. The molecule has 4 N–H and O–H groups in total. The monoisotopic (exact) mass is 513 g/mol. The van der Waals surface area contributed by atoms with E-state index in [2.05, 4.69) is 32.4 Å². The maximum atomic E-state index is 13.3. The summed E-state index contributed by atoms with van der Waals surface area (Å²) >= 11 is 0. The molecule has 1 atom stereocenters. The van der Waals surface area contributed by atoms with Crippen molar-refractivity contribution < 1.29 is 14.7 Å². The number of hydrogen-bond donors (Lipinski definition) is 4. The van der Waals surface area contributed by atoms with E-state index in [4.69, 9.17) is 0 Å². The Kier molecular flexibility index (Phi) is 7.00. The third-order valence-corrected chi connectivity index (χ3v) is 7.33. The summed E-state index contributed by atoms with van der Waals surface area (Å²) in [6.45, 7) is 4.63. The van der Waals surface area contributed by atoms with E-state index in [1.807, 2.05) is 37.3 Å². The molecule has 9 nitrogen and oxygen atoms in total. The molecule has 0 saturated carbocycles. The van der Waals surface area contributed by atoms with Crippen LogP contribution in [0.1, 0.15) is 58.7 Å². The van der Waals surface area contributed by atoms with Gasteiger partial charge in [0.25, 0.3) is 5.91 Å². The highest BCUT2D eigenvalue weighted by Crippen LogP contribution is 2.33. The van der Waals surface area contributed by atoms with Gasteiger partial charge in [-0.3, -0.25) is 19.6 Å². The first kappa shape index (κ1) is 25.3. The van der Waals surface area contributed by atoms with Crippen LogP contribution in [0.15, 0.2) is 59.4 Å². The Morgan fingerprint density at radius 2 is 1.82 bits per heavy atom.